The van der Waals surface area contributed by atoms with Gasteiger partial charge < -0.3 is 19.7 Å². The lowest BCUT2D eigenvalue weighted by molar-refractivity contribution is -0.127. The number of carbonyl (C=O) groups excluding carboxylic acids is 2. The fourth-order valence-corrected chi connectivity index (χ4v) is 3.58. The highest BCUT2D eigenvalue weighted by Gasteiger charge is 2.36. The third-order valence-electron chi connectivity index (χ3n) is 3.92. The van der Waals surface area contributed by atoms with Crippen LogP contribution in [0.1, 0.15) is 21.3 Å². The molecule has 24 heavy (non-hydrogen) atoms. The minimum absolute atomic E-state index is 0.162. The monoisotopic (exact) mass is 346 g/mol. The van der Waals surface area contributed by atoms with Crippen LogP contribution in [0.15, 0.2) is 35.7 Å². The van der Waals surface area contributed by atoms with Gasteiger partial charge in [0.2, 0.25) is 5.91 Å². The molecule has 2 aromatic rings. The van der Waals surface area contributed by atoms with Crippen molar-refractivity contribution in [3.63, 3.8) is 0 Å². The van der Waals surface area contributed by atoms with Crippen LogP contribution in [0.4, 0.5) is 0 Å². The molecule has 1 N–H and O–H groups in total. The van der Waals surface area contributed by atoms with Gasteiger partial charge in [-0.05, 0) is 23.6 Å². The van der Waals surface area contributed by atoms with E-state index in [1.165, 1.54) is 18.4 Å². The number of ether oxygens (including phenoxy) is 2. The summed E-state index contributed by atoms with van der Waals surface area (Å²) < 4.78 is 10.5. The summed E-state index contributed by atoms with van der Waals surface area (Å²) in [6.07, 6.45) is 0. The van der Waals surface area contributed by atoms with E-state index in [1.54, 1.807) is 30.2 Å². The number of nitrogens with zero attached hydrogens (tertiary/aromatic N) is 1. The van der Waals surface area contributed by atoms with E-state index in [9.17, 15) is 9.59 Å². The SMILES string of the molecule is COc1ccc(C(=O)N2CCNC(=O)C2c2cccs2)c(OC)c1. The Balaban J connectivity index is 1.97. The molecule has 2 amide bonds. The second kappa shape index (κ2) is 6.92. The Morgan fingerprint density at radius 2 is 2.12 bits per heavy atom. The largest absolute Gasteiger partial charge is 0.497 e. The molecule has 0 aliphatic carbocycles. The number of carbonyl (C=O) groups is 2. The third kappa shape index (κ3) is 2.94. The molecule has 1 aromatic heterocycles. The fraction of sp³-hybridized carbons (Fsp3) is 0.294. The number of rotatable bonds is 4. The summed E-state index contributed by atoms with van der Waals surface area (Å²) in [6.45, 7) is 0.882. The van der Waals surface area contributed by atoms with E-state index in [0.29, 0.717) is 30.2 Å². The topological polar surface area (TPSA) is 67.9 Å². The highest BCUT2D eigenvalue weighted by Crippen LogP contribution is 2.31. The van der Waals surface area contributed by atoms with Crippen molar-refractivity contribution in [2.75, 3.05) is 27.3 Å². The number of hydrogen-bond acceptors (Lipinski definition) is 5. The lowest BCUT2D eigenvalue weighted by Gasteiger charge is -2.34. The quantitative estimate of drug-likeness (QED) is 0.920. The first kappa shape index (κ1) is 16.3. The van der Waals surface area contributed by atoms with Crippen LogP contribution in [0, 0.1) is 0 Å². The zero-order valence-electron chi connectivity index (χ0n) is 13.4. The standard InChI is InChI=1S/C17H18N2O4S/c1-22-11-5-6-12(13(10-11)23-2)17(21)19-8-7-18-16(20)15(19)14-4-3-9-24-14/h3-6,9-10,15H,7-8H2,1-2H3,(H,18,20). The normalized spacial score (nSPS) is 17.3. The first-order chi connectivity index (χ1) is 11.7. The van der Waals surface area contributed by atoms with Crippen molar-refractivity contribution >= 4 is 23.2 Å². The molecule has 0 bridgehead atoms. The fourth-order valence-electron chi connectivity index (χ4n) is 2.75. The van der Waals surface area contributed by atoms with E-state index in [4.69, 9.17) is 9.47 Å². The Kier molecular flexibility index (Phi) is 4.71. The van der Waals surface area contributed by atoms with Crippen molar-refractivity contribution in [3.05, 3.63) is 46.2 Å². The van der Waals surface area contributed by atoms with Gasteiger partial charge in [-0.1, -0.05) is 6.07 Å². The Labute approximate surface area is 144 Å². The van der Waals surface area contributed by atoms with Crippen LogP contribution in [0.5, 0.6) is 11.5 Å². The lowest BCUT2D eigenvalue weighted by atomic mass is 10.1. The molecule has 1 atom stereocenters. The van der Waals surface area contributed by atoms with Gasteiger partial charge in [0, 0.05) is 24.0 Å². The van der Waals surface area contributed by atoms with E-state index in [0.717, 1.165) is 4.88 Å². The van der Waals surface area contributed by atoms with Crippen molar-refractivity contribution < 1.29 is 19.1 Å². The molecule has 1 aromatic carbocycles. The molecular weight excluding hydrogens is 328 g/mol. The summed E-state index contributed by atoms with van der Waals surface area (Å²) in [5, 5.41) is 4.72. The molecule has 1 saturated heterocycles. The van der Waals surface area contributed by atoms with Crippen molar-refractivity contribution in [1.82, 2.24) is 10.2 Å². The number of thiophene rings is 1. The predicted octanol–water partition coefficient (Wildman–Crippen LogP) is 2.08. The maximum absolute atomic E-state index is 13.1. The molecule has 1 unspecified atom stereocenters. The number of hydrogen-bond donors (Lipinski definition) is 1. The summed E-state index contributed by atoms with van der Waals surface area (Å²) in [4.78, 5) is 27.8. The lowest BCUT2D eigenvalue weighted by Crippen LogP contribution is -2.52. The first-order valence-electron chi connectivity index (χ1n) is 7.50. The molecule has 6 nitrogen and oxygen atoms in total. The van der Waals surface area contributed by atoms with Gasteiger partial charge in [-0.3, -0.25) is 9.59 Å². The van der Waals surface area contributed by atoms with Crippen LogP contribution in [-0.4, -0.2) is 44.0 Å². The Hall–Kier alpha value is -2.54. The molecule has 1 aliphatic heterocycles. The summed E-state index contributed by atoms with van der Waals surface area (Å²) in [7, 11) is 3.06. The molecule has 0 spiro atoms. The average molecular weight is 346 g/mol. The van der Waals surface area contributed by atoms with Gasteiger partial charge in [-0.25, -0.2) is 0 Å². The smallest absolute Gasteiger partial charge is 0.258 e. The molecule has 7 heteroatoms. The zero-order valence-corrected chi connectivity index (χ0v) is 14.3. The third-order valence-corrected chi connectivity index (χ3v) is 4.85. The molecule has 3 rings (SSSR count). The minimum Gasteiger partial charge on any atom is -0.497 e. The minimum atomic E-state index is -0.613. The van der Waals surface area contributed by atoms with Crippen LogP contribution in [0.3, 0.4) is 0 Å². The number of piperazine rings is 1. The molecule has 1 aliphatic rings. The van der Waals surface area contributed by atoms with E-state index in [1.807, 2.05) is 17.5 Å². The Morgan fingerprint density at radius 3 is 2.79 bits per heavy atom. The molecule has 2 heterocycles. The molecule has 1 fully saturated rings. The summed E-state index contributed by atoms with van der Waals surface area (Å²) in [6, 6.07) is 8.16. The van der Waals surface area contributed by atoms with Crippen LogP contribution >= 0.6 is 11.3 Å². The van der Waals surface area contributed by atoms with Crippen molar-refractivity contribution in [2.24, 2.45) is 0 Å². The van der Waals surface area contributed by atoms with Gasteiger partial charge in [-0.15, -0.1) is 11.3 Å². The van der Waals surface area contributed by atoms with Gasteiger partial charge in [0.05, 0.1) is 19.8 Å². The maximum Gasteiger partial charge on any atom is 0.258 e. The summed E-state index contributed by atoms with van der Waals surface area (Å²) >= 11 is 1.46. The van der Waals surface area contributed by atoms with E-state index >= 15 is 0 Å². The number of methoxy groups -OCH3 is 2. The highest BCUT2D eigenvalue weighted by atomic mass is 32.1. The van der Waals surface area contributed by atoms with E-state index in [2.05, 4.69) is 5.32 Å². The van der Waals surface area contributed by atoms with Crippen molar-refractivity contribution in [1.29, 1.82) is 0 Å². The van der Waals surface area contributed by atoms with Gasteiger partial charge in [0.25, 0.3) is 5.91 Å². The van der Waals surface area contributed by atoms with Crippen LogP contribution < -0.4 is 14.8 Å². The number of nitrogens with one attached hydrogen (secondary N) is 1. The summed E-state index contributed by atoms with van der Waals surface area (Å²) in [5.41, 5.74) is 0.412. The molecule has 0 radical (unpaired) electrons. The van der Waals surface area contributed by atoms with Crippen LogP contribution in [0.2, 0.25) is 0 Å². The van der Waals surface area contributed by atoms with Crippen LogP contribution in [-0.2, 0) is 4.79 Å². The zero-order chi connectivity index (χ0) is 17.1. The number of amides is 2. The van der Waals surface area contributed by atoms with Crippen molar-refractivity contribution in [2.45, 2.75) is 6.04 Å². The maximum atomic E-state index is 13.1. The molecule has 0 saturated carbocycles. The van der Waals surface area contributed by atoms with Gasteiger partial charge >= 0.3 is 0 Å². The predicted molar refractivity (Wildman–Crippen MR) is 90.7 cm³/mol. The highest BCUT2D eigenvalue weighted by molar-refractivity contribution is 7.10. The Bertz CT molecular complexity index is 745. The van der Waals surface area contributed by atoms with Gasteiger partial charge in [0.1, 0.15) is 17.5 Å². The second-order valence-corrected chi connectivity index (χ2v) is 6.25. The van der Waals surface area contributed by atoms with E-state index in [-0.39, 0.29) is 11.8 Å². The summed E-state index contributed by atoms with van der Waals surface area (Å²) in [5.74, 6) is 0.636. The van der Waals surface area contributed by atoms with Crippen LogP contribution in [0.25, 0.3) is 0 Å². The first-order valence-corrected chi connectivity index (χ1v) is 8.37. The van der Waals surface area contributed by atoms with Gasteiger partial charge in [0.15, 0.2) is 0 Å². The molecular formula is C17H18N2O4S. The molecule has 126 valence electrons. The van der Waals surface area contributed by atoms with Gasteiger partial charge in [-0.2, -0.15) is 0 Å². The Morgan fingerprint density at radius 1 is 1.29 bits per heavy atom. The average Bonchev–Trinajstić information content (AvgIpc) is 3.14. The van der Waals surface area contributed by atoms with E-state index < -0.39 is 6.04 Å². The second-order valence-electron chi connectivity index (χ2n) is 5.27. The number of benzene rings is 1. The van der Waals surface area contributed by atoms with Crippen molar-refractivity contribution in [3.8, 4) is 11.5 Å².